The Morgan fingerprint density at radius 3 is 2.50 bits per heavy atom. The first-order valence-electron chi connectivity index (χ1n) is 6.09. The standard InChI is InChI=1S/C14H21NO/c1-10(2)13-8-15-9-14(16-13)12-6-4-11(3)5-7-12/h4-7,10,13-15H,8-9H2,1-3H3. The minimum absolute atomic E-state index is 0.210. The van der Waals surface area contributed by atoms with Crippen LogP contribution in [0.4, 0.5) is 0 Å². The number of hydrogen-bond acceptors (Lipinski definition) is 2. The summed E-state index contributed by atoms with van der Waals surface area (Å²) in [7, 11) is 0. The van der Waals surface area contributed by atoms with Crippen LogP contribution in [-0.2, 0) is 4.74 Å². The zero-order valence-corrected chi connectivity index (χ0v) is 10.4. The van der Waals surface area contributed by atoms with E-state index < -0.39 is 0 Å². The van der Waals surface area contributed by atoms with Crippen molar-refractivity contribution in [1.29, 1.82) is 0 Å². The smallest absolute Gasteiger partial charge is 0.0953 e. The van der Waals surface area contributed by atoms with Gasteiger partial charge in [0.05, 0.1) is 12.2 Å². The van der Waals surface area contributed by atoms with Gasteiger partial charge in [-0.2, -0.15) is 0 Å². The molecule has 1 N–H and O–H groups in total. The van der Waals surface area contributed by atoms with Crippen LogP contribution in [-0.4, -0.2) is 19.2 Å². The highest BCUT2D eigenvalue weighted by Crippen LogP contribution is 2.24. The number of morpholine rings is 1. The molecule has 2 atom stereocenters. The van der Waals surface area contributed by atoms with Crippen molar-refractivity contribution < 1.29 is 4.74 Å². The fourth-order valence-electron chi connectivity index (χ4n) is 2.03. The number of hydrogen-bond donors (Lipinski definition) is 1. The highest BCUT2D eigenvalue weighted by atomic mass is 16.5. The summed E-state index contributed by atoms with van der Waals surface area (Å²) in [5.74, 6) is 0.570. The summed E-state index contributed by atoms with van der Waals surface area (Å²) in [4.78, 5) is 0. The van der Waals surface area contributed by atoms with E-state index >= 15 is 0 Å². The molecular formula is C14H21NO. The van der Waals surface area contributed by atoms with E-state index in [1.54, 1.807) is 0 Å². The van der Waals surface area contributed by atoms with E-state index in [4.69, 9.17) is 4.74 Å². The topological polar surface area (TPSA) is 21.3 Å². The van der Waals surface area contributed by atoms with Crippen LogP contribution in [0.5, 0.6) is 0 Å². The van der Waals surface area contributed by atoms with E-state index in [9.17, 15) is 0 Å². The molecule has 2 heteroatoms. The molecule has 1 fully saturated rings. The Kier molecular flexibility index (Phi) is 3.62. The van der Waals surface area contributed by atoms with Gasteiger partial charge in [-0.05, 0) is 18.4 Å². The molecule has 0 saturated carbocycles. The second-order valence-electron chi connectivity index (χ2n) is 4.98. The zero-order chi connectivity index (χ0) is 11.5. The van der Waals surface area contributed by atoms with Crippen LogP contribution in [0.3, 0.4) is 0 Å². The van der Waals surface area contributed by atoms with Gasteiger partial charge in [0.1, 0.15) is 0 Å². The first kappa shape index (κ1) is 11.6. The average molecular weight is 219 g/mol. The Morgan fingerprint density at radius 2 is 1.88 bits per heavy atom. The maximum Gasteiger partial charge on any atom is 0.0953 e. The van der Waals surface area contributed by atoms with E-state index in [-0.39, 0.29) is 6.10 Å². The number of ether oxygens (including phenoxy) is 1. The van der Waals surface area contributed by atoms with Crippen molar-refractivity contribution in [2.24, 2.45) is 5.92 Å². The molecule has 1 saturated heterocycles. The second-order valence-corrected chi connectivity index (χ2v) is 4.98. The van der Waals surface area contributed by atoms with Gasteiger partial charge in [-0.1, -0.05) is 43.7 Å². The van der Waals surface area contributed by atoms with Gasteiger partial charge in [0.25, 0.3) is 0 Å². The van der Waals surface area contributed by atoms with E-state index in [2.05, 4.69) is 50.4 Å². The first-order chi connectivity index (χ1) is 7.66. The van der Waals surface area contributed by atoms with E-state index in [1.807, 2.05) is 0 Å². The lowest BCUT2D eigenvalue weighted by atomic mass is 10.0. The predicted octanol–water partition coefficient (Wildman–Crippen LogP) is 2.68. The molecule has 1 heterocycles. The lowest BCUT2D eigenvalue weighted by Gasteiger charge is -2.33. The fourth-order valence-corrected chi connectivity index (χ4v) is 2.03. The van der Waals surface area contributed by atoms with Gasteiger partial charge < -0.3 is 10.1 Å². The molecule has 88 valence electrons. The average Bonchev–Trinajstić information content (AvgIpc) is 2.30. The normalized spacial score (nSPS) is 26.0. The molecule has 0 amide bonds. The molecule has 0 aliphatic carbocycles. The molecule has 0 bridgehead atoms. The molecule has 0 radical (unpaired) electrons. The van der Waals surface area contributed by atoms with E-state index in [0.717, 1.165) is 13.1 Å². The first-order valence-corrected chi connectivity index (χ1v) is 6.09. The van der Waals surface area contributed by atoms with Crippen LogP contribution in [0.15, 0.2) is 24.3 Å². The van der Waals surface area contributed by atoms with Gasteiger partial charge in [-0.25, -0.2) is 0 Å². The minimum Gasteiger partial charge on any atom is -0.367 e. The third-order valence-electron chi connectivity index (χ3n) is 3.21. The number of benzene rings is 1. The van der Waals surface area contributed by atoms with Gasteiger partial charge in [0.15, 0.2) is 0 Å². The summed E-state index contributed by atoms with van der Waals surface area (Å²) in [6.45, 7) is 8.43. The third-order valence-corrected chi connectivity index (χ3v) is 3.21. The Bertz CT molecular complexity index is 331. The van der Waals surface area contributed by atoms with Gasteiger partial charge in [0.2, 0.25) is 0 Å². The lowest BCUT2D eigenvalue weighted by molar-refractivity contribution is -0.0603. The van der Waals surface area contributed by atoms with Crippen LogP contribution in [0, 0.1) is 12.8 Å². The molecule has 2 rings (SSSR count). The Labute approximate surface area is 98.0 Å². The van der Waals surface area contributed by atoms with Crippen LogP contribution in [0.1, 0.15) is 31.1 Å². The summed E-state index contributed by atoms with van der Waals surface area (Å²) >= 11 is 0. The lowest BCUT2D eigenvalue weighted by Crippen LogP contribution is -2.43. The third kappa shape index (κ3) is 2.63. The van der Waals surface area contributed by atoms with Crippen molar-refractivity contribution >= 4 is 0 Å². The van der Waals surface area contributed by atoms with Gasteiger partial charge >= 0.3 is 0 Å². The molecule has 1 aromatic carbocycles. The molecule has 1 aromatic rings. The molecule has 0 spiro atoms. The second kappa shape index (κ2) is 4.98. The summed E-state index contributed by atoms with van der Waals surface area (Å²) in [6, 6.07) is 8.64. The summed E-state index contributed by atoms with van der Waals surface area (Å²) in [6.07, 6.45) is 0.543. The number of aryl methyl sites for hydroxylation is 1. The quantitative estimate of drug-likeness (QED) is 0.825. The van der Waals surface area contributed by atoms with Crippen molar-refractivity contribution in [2.75, 3.05) is 13.1 Å². The van der Waals surface area contributed by atoms with Crippen molar-refractivity contribution in [3.8, 4) is 0 Å². The SMILES string of the molecule is Cc1ccc(C2CNCC(C(C)C)O2)cc1. The molecule has 16 heavy (non-hydrogen) atoms. The maximum atomic E-state index is 6.11. The van der Waals surface area contributed by atoms with Gasteiger partial charge in [-0.3, -0.25) is 0 Å². The Hall–Kier alpha value is -0.860. The van der Waals surface area contributed by atoms with Crippen LogP contribution < -0.4 is 5.32 Å². The maximum absolute atomic E-state index is 6.11. The molecule has 2 nitrogen and oxygen atoms in total. The number of nitrogens with one attached hydrogen (secondary N) is 1. The van der Waals surface area contributed by atoms with Gasteiger partial charge in [0, 0.05) is 13.1 Å². The predicted molar refractivity (Wildman–Crippen MR) is 66.5 cm³/mol. The van der Waals surface area contributed by atoms with Crippen molar-refractivity contribution in [3.05, 3.63) is 35.4 Å². The Morgan fingerprint density at radius 1 is 1.19 bits per heavy atom. The molecule has 1 aliphatic rings. The van der Waals surface area contributed by atoms with E-state index in [1.165, 1.54) is 11.1 Å². The van der Waals surface area contributed by atoms with Crippen molar-refractivity contribution in [2.45, 2.75) is 33.0 Å². The highest BCUT2D eigenvalue weighted by Gasteiger charge is 2.25. The summed E-state index contributed by atoms with van der Waals surface area (Å²) in [5, 5.41) is 3.45. The minimum atomic E-state index is 0.210. The fraction of sp³-hybridized carbons (Fsp3) is 0.571. The van der Waals surface area contributed by atoms with Crippen LogP contribution in [0.2, 0.25) is 0 Å². The summed E-state index contributed by atoms with van der Waals surface area (Å²) < 4.78 is 6.11. The zero-order valence-electron chi connectivity index (χ0n) is 10.4. The largest absolute Gasteiger partial charge is 0.367 e. The van der Waals surface area contributed by atoms with Gasteiger partial charge in [-0.15, -0.1) is 0 Å². The summed E-state index contributed by atoms with van der Waals surface area (Å²) in [5.41, 5.74) is 2.58. The molecular weight excluding hydrogens is 198 g/mol. The van der Waals surface area contributed by atoms with Crippen LogP contribution >= 0.6 is 0 Å². The molecule has 1 aliphatic heterocycles. The molecule has 0 aromatic heterocycles. The Balaban J connectivity index is 2.06. The van der Waals surface area contributed by atoms with Crippen LogP contribution in [0.25, 0.3) is 0 Å². The van der Waals surface area contributed by atoms with Crippen molar-refractivity contribution in [1.82, 2.24) is 5.32 Å². The highest BCUT2D eigenvalue weighted by molar-refractivity contribution is 5.23. The number of rotatable bonds is 2. The van der Waals surface area contributed by atoms with Crippen molar-refractivity contribution in [3.63, 3.8) is 0 Å². The molecule has 2 unspecified atom stereocenters. The van der Waals surface area contributed by atoms with E-state index in [0.29, 0.717) is 12.0 Å². The monoisotopic (exact) mass is 219 g/mol.